The number of aromatic nitrogens is 1. The highest BCUT2D eigenvalue weighted by Crippen LogP contribution is 2.40. The molecule has 1 aromatic carbocycles. The highest BCUT2D eigenvalue weighted by molar-refractivity contribution is 9.10. The van der Waals surface area contributed by atoms with Crippen molar-refractivity contribution in [1.29, 1.82) is 0 Å². The Bertz CT molecular complexity index is 761. The third-order valence-corrected chi connectivity index (χ3v) is 6.10. The summed E-state index contributed by atoms with van der Waals surface area (Å²) < 4.78 is 0.797. The average Bonchev–Trinajstić information content (AvgIpc) is 3.09. The van der Waals surface area contributed by atoms with Crippen LogP contribution in [0.5, 0.6) is 0 Å². The van der Waals surface area contributed by atoms with E-state index in [9.17, 15) is 0 Å². The Balaban J connectivity index is 1.68. The number of nitrogens with zero attached hydrogens (tertiary/aromatic N) is 1. The van der Waals surface area contributed by atoms with Crippen molar-refractivity contribution in [1.82, 2.24) is 10.3 Å². The number of nitrogens with one attached hydrogen (secondary N) is 2. The standard InChI is InChI=1S/C19H21BrClN3S/c1-13-16(21)11-15(20)17(23-13)24-18(25)22-12-19(9-5-6-10-19)14-7-3-2-4-8-14/h2-4,7-8,11H,5-6,9-10,12H2,1H3,(H2,22,23,24,25). The third kappa shape index (κ3) is 4.33. The lowest BCUT2D eigenvalue weighted by Crippen LogP contribution is -2.40. The number of rotatable bonds is 4. The van der Waals surface area contributed by atoms with Crippen LogP contribution in [0, 0.1) is 6.92 Å². The van der Waals surface area contributed by atoms with E-state index in [-0.39, 0.29) is 5.41 Å². The quantitative estimate of drug-likeness (QED) is 0.609. The molecule has 1 heterocycles. The Morgan fingerprint density at radius 1 is 1.28 bits per heavy atom. The average molecular weight is 439 g/mol. The molecule has 0 saturated heterocycles. The summed E-state index contributed by atoms with van der Waals surface area (Å²) in [5.74, 6) is 0.680. The fourth-order valence-corrected chi connectivity index (χ4v) is 4.33. The fourth-order valence-electron chi connectivity index (χ4n) is 3.46. The molecule has 132 valence electrons. The summed E-state index contributed by atoms with van der Waals surface area (Å²) in [6.07, 6.45) is 4.91. The van der Waals surface area contributed by atoms with E-state index in [1.165, 1.54) is 31.2 Å². The van der Waals surface area contributed by atoms with Crippen LogP contribution in [-0.4, -0.2) is 16.6 Å². The summed E-state index contributed by atoms with van der Waals surface area (Å²) in [6.45, 7) is 2.70. The van der Waals surface area contributed by atoms with Gasteiger partial charge in [0.1, 0.15) is 5.82 Å². The minimum atomic E-state index is 0.160. The second kappa shape index (κ2) is 8.02. The van der Waals surface area contributed by atoms with Gasteiger partial charge in [0.25, 0.3) is 0 Å². The van der Waals surface area contributed by atoms with Gasteiger partial charge in [-0.3, -0.25) is 0 Å². The summed E-state index contributed by atoms with van der Waals surface area (Å²) >= 11 is 15.1. The van der Waals surface area contributed by atoms with Crippen molar-refractivity contribution in [3.63, 3.8) is 0 Å². The predicted octanol–water partition coefficient (Wildman–Crippen LogP) is 5.60. The first kappa shape index (κ1) is 18.6. The lowest BCUT2D eigenvalue weighted by atomic mass is 9.79. The number of halogens is 2. The smallest absolute Gasteiger partial charge is 0.172 e. The number of hydrogen-bond donors (Lipinski definition) is 2. The first-order valence-corrected chi connectivity index (χ1v) is 10.0. The van der Waals surface area contributed by atoms with E-state index >= 15 is 0 Å². The number of hydrogen-bond acceptors (Lipinski definition) is 2. The molecule has 2 N–H and O–H groups in total. The van der Waals surface area contributed by atoms with Gasteiger partial charge in [-0.1, -0.05) is 54.8 Å². The van der Waals surface area contributed by atoms with Gasteiger partial charge in [0.15, 0.2) is 5.11 Å². The van der Waals surface area contributed by atoms with Gasteiger partial charge in [0, 0.05) is 12.0 Å². The molecule has 0 amide bonds. The number of aryl methyl sites for hydroxylation is 1. The molecule has 1 aliphatic carbocycles. The highest BCUT2D eigenvalue weighted by atomic mass is 79.9. The monoisotopic (exact) mass is 437 g/mol. The molecule has 2 aromatic rings. The van der Waals surface area contributed by atoms with E-state index in [1.807, 2.05) is 13.0 Å². The van der Waals surface area contributed by atoms with Crippen molar-refractivity contribution in [2.45, 2.75) is 38.0 Å². The Morgan fingerprint density at radius 3 is 2.64 bits per heavy atom. The molecule has 0 spiro atoms. The summed E-state index contributed by atoms with van der Waals surface area (Å²) in [7, 11) is 0. The van der Waals surface area contributed by atoms with E-state index < -0.39 is 0 Å². The SMILES string of the molecule is Cc1nc(NC(=S)NCC2(c3ccccc3)CCCC2)c(Br)cc1Cl. The van der Waals surface area contributed by atoms with Crippen molar-refractivity contribution in [2.24, 2.45) is 0 Å². The van der Waals surface area contributed by atoms with E-state index in [4.69, 9.17) is 23.8 Å². The number of pyridine rings is 1. The highest BCUT2D eigenvalue weighted by Gasteiger charge is 2.35. The van der Waals surface area contributed by atoms with Crippen LogP contribution < -0.4 is 10.6 Å². The Kier molecular flexibility index (Phi) is 5.97. The van der Waals surface area contributed by atoms with E-state index in [0.29, 0.717) is 16.0 Å². The molecule has 0 bridgehead atoms. The summed E-state index contributed by atoms with van der Waals surface area (Å²) in [5, 5.41) is 7.79. The normalized spacial score (nSPS) is 15.8. The van der Waals surface area contributed by atoms with Gasteiger partial charge < -0.3 is 10.6 Å². The Labute approximate surface area is 167 Å². The molecule has 6 heteroatoms. The van der Waals surface area contributed by atoms with Crippen molar-refractivity contribution >= 4 is 50.7 Å². The third-order valence-electron chi connectivity index (χ3n) is 4.87. The molecular formula is C19H21BrClN3S. The molecule has 0 radical (unpaired) electrons. The van der Waals surface area contributed by atoms with Gasteiger partial charge >= 0.3 is 0 Å². The van der Waals surface area contributed by atoms with Crippen molar-refractivity contribution in [3.8, 4) is 0 Å². The lowest BCUT2D eigenvalue weighted by molar-refractivity contribution is 0.435. The maximum Gasteiger partial charge on any atom is 0.172 e. The van der Waals surface area contributed by atoms with Gasteiger partial charge in [0.2, 0.25) is 0 Å². The fraction of sp³-hybridized carbons (Fsp3) is 0.368. The molecule has 3 nitrogen and oxygen atoms in total. The number of thiocarbonyl (C=S) groups is 1. The molecule has 0 atom stereocenters. The first-order chi connectivity index (χ1) is 12.0. The van der Waals surface area contributed by atoms with Crippen LogP contribution in [0.2, 0.25) is 5.02 Å². The van der Waals surface area contributed by atoms with Crippen LogP contribution in [0.15, 0.2) is 40.9 Å². The predicted molar refractivity (Wildman–Crippen MR) is 112 cm³/mol. The molecule has 1 fully saturated rings. The molecule has 1 saturated carbocycles. The van der Waals surface area contributed by atoms with Gasteiger partial charge in [-0.25, -0.2) is 4.98 Å². The molecule has 3 rings (SSSR count). The molecule has 1 aromatic heterocycles. The summed E-state index contributed by atoms with van der Waals surface area (Å²) in [5.41, 5.74) is 2.32. The maximum absolute atomic E-state index is 6.09. The van der Waals surface area contributed by atoms with E-state index in [0.717, 1.165) is 16.7 Å². The molecule has 0 aliphatic heterocycles. The summed E-state index contributed by atoms with van der Waals surface area (Å²) in [4.78, 5) is 4.45. The van der Waals surface area contributed by atoms with Crippen molar-refractivity contribution in [2.75, 3.05) is 11.9 Å². The lowest BCUT2D eigenvalue weighted by Gasteiger charge is -2.30. The van der Waals surface area contributed by atoms with Crippen LogP contribution in [0.25, 0.3) is 0 Å². The second-order valence-corrected chi connectivity index (χ2v) is 8.22. The van der Waals surface area contributed by atoms with Crippen molar-refractivity contribution < 1.29 is 0 Å². The van der Waals surface area contributed by atoms with Crippen LogP contribution >= 0.6 is 39.7 Å². The van der Waals surface area contributed by atoms with E-state index in [2.05, 4.69) is 61.9 Å². The zero-order chi connectivity index (χ0) is 17.9. The maximum atomic E-state index is 6.09. The number of anilines is 1. The molecule has 25 heavy (non-hydrogen) atoms. The minimum Gasteiger partial charge on any atom is -0.362 e. The van der Waals surface area contributed by atoms with Crippen LogP contribution in [0.4, 0.5) is 5.82 Å². The van der Waals surface area contributed by atoms with Gasteiger partial charge in [-0.15, -0.1) is 0 Å². The Morgan fingerprint density at radius 2 is 1.96 bits per heavy atom. The first-order valence-electron chi connectivity index (χ1n) is 8.43. The zero-order valence-electron chi connectivity index (χ0n) is 14.1. The topological polar surface area (TPSA) is 37.0 Å². The largest absolute Gasteiger partial charge is 0.362 e. The van der Waals surface area contributed by atoms with Gasteiger partial charge in [-0.05, 0) is 59.5 Å². The van der Waals surface area contributed by atoms with Crippen molar-refractivity contribution in [3.05, 3.63) is 57.2 Å². The van der Waals surface area contributed by atoms with Crippen LogP contribution in [0.3, 0.4) is 0 Å². The van der Waals surface area contributed by atoms with Crippen LogP contribution in [-0.2, 0) is 5.41 Å². The van der Waals surface area contributed by atoms with Gasteiger partial charge in [0.05, 0.1) is 15.2 Å². The second-order valence-electron chi connectivity index (χ2n) is 6.55. The molecule has 0 unspecified atom stereocenters. The number of benzene rings is 1. The zero-order valence-corrected chi connectivity index (χ0v) is 17.3. The van der Waals surface area contributed by atoms with E-state index in [1.54, 1.807) is 0 Å². The van der Waals surface area contributed by atoms with Gasteiger partial charge in [-0.2, -0.15) is 0 Å². The Hall–Kier alpha value is -1.17. The van der Waals surface area contributed by atoms with Crippen LogP contribution in [0.1, 0.15) is 36.9 Å². The summed E-state index contributed by atoms with van der Waals surface area (Å²) in [6, 6.07) is 12.6. The molecular weight excluding hydrogens is 418 g/mol. The molecule has 1 aliphatic rings. The minimum absolute atomic E-state index is 0.160.